The summed E-state index contributed by atoms with van der Waals surface area (Å²) in [6.07, 6.45) is 8.35. The zero-order chi connectivity index (χ0) is 12.3. The molecule has 3 heteroatoms. The second-order valence-electron chi connectivity index (χ2n) is 6.01. The molecule has 0 aromatic rings. The number of aliphatic hydroxyl groups is 1. The molecule has 1 aliphatic heterocycles. The van der Waals surface area contributed by atoms with Crippen molar-refractivity contribution in [2.45, 2.75) is 63.9 Å². The van der Waals surface area contributed by atoms with E-state index in [1.165, 1.54) is 19.3 Å². The molecule has 0 radical (unpaired) electrons. The van der Waals surface area contributed by atoms with Gasteiger partial charge in [-0.25, -0.2) is 0 Å². The highest BCUT2D eigenvalue weighted by Gasteiger charge is 2.30. The Kier molecular flexibility index (Phi) is 4.08. The van der Waals surface area contributed by atoms with Crippen LogP contribution in [0.1, 0.15) is 58.3 Å². The molecule has 1 heterocycles. The Hall–Kier alpha value is -0.570. The third kappa shape index (κ3) is 3.44. The lowest BCUT2D eigenvalue weighted by atomic mass is 9.88. The average molecular weight is 239 g/mol. The first-order chi connectivity index (χ1) is 8.08. The molecule has 17 heavy (non-hydrogen) atoms. The topological polar surface area (TPSA) is 40.5 Å². The first-order valence-electron chi connectivity index (χ1n) is 7.10. The summed E-state index contributed by atoms with van der Waals surface area (Å²) in [6, 6.07) is 0. The molecule has 1 amide bonds. The van der Waals surface area contributed by atoms with Crippen LogP contribution in [0.2, 0.25) is 0 Å². The van der Waals surface area contributed by atoms with Gasteiger partial charge in [-0.1, -0.05) is 19.3 Å². The van der Waals surface area contributed by atoms with Gasteiger partial charge < -0.3 is 10.0 Å². The quantitative estimate of drug-likeness (QED) is 0.763. The number of likely N-dealkylation sites (tertiary alicyclic amines) is 1. The molecule has 0 aromatic heterocycles. The lowest BCUT2D eigenvalue weighted by molar-refractivity contribution is -0.136. The highest BCUT2D eigenvalue weighted by atomic mass is 16.3. The molecule has 3 nitrogen and oxygen atoms in total. The van der Waals surface area contributed by atoms with Gasteiger partial charge in [0.25, 0.3) is 0 Å². The number of hydrogen-bond donors (Lipinski definition) is 1. The van der Waals surface area contributed by atoms with Crippen LogP contribution >= 0.6 is 0 Å². The van der Waals surface area contributed by atoms with Crippen LogP contribution in [-0.2, 0) is 4.79 Å². The molecule has 2 aliphatic rings. The van der Waals surface area contributed by atoms with Crippen LogP contribution in [0.3, 0.4) is 0 Å². The number of amides is 1. The van der Waals surface area contributed by atoms with Crippen molar-refractivity contribution in [2.75, 3.05) is 13.1 Å². The summed E-state index contributed by atoms with van der Waals surface area (Å²) in [4.78, 5) is 14.4. The summed E-state index contributed by atoms with van der Waals surface area (Å²) in [5, 5.41) is 10.0. The monoisotopic (exact) mass is 239 g/mol. The Balaban J connectivity index is 1.90. The van der Waals surface area contributed by atoms with Gasteiger partial charge in [0.1, 0.15) is 0 Å². The molecule has 1 saturated heterocycles. The van der Waals surface area contributed by atoms with E-state index in [4.69, 9.17) is 0 Å². The number of carbonyl (C=O) groups is 1. The fourth-order valence-electron chi connectivity index (χ4n) is 3.09. The van der Waals surface area contributed by atoms with Gasteiger partial charge in [-0.15, -0.1) is 0 Å². The van der Waals surface area contributed by atoms with Crippen molar-refractivity contribution in [3.63, 3.8) is 0 Å². The number of carbonyl (C=O) groups excluding carboxylic acids is 1. The third-order valence-electron chi connectivity index (χ3n) is 4.33. The molecule has 98 valence electrons. The second kappa shape index (κ2) is 5.38. The van der Waals surface area contributed by atoms with Gasteiger partial charge in [0.05, 0.1) is 5.60 Å². The zero-order valence-corrected chi connectivity index (χ0v) is 11.0. The van der Waals surface area contributed by atoms with Crippen molar-refractivity contribution in [1.29, 1.82) is 0 Å². The highest BCUT2D eigenvalue weighted by molar-refractivity contribution is 5.78. The predicted molar refractivity (Wildman–Crippen MR) is 67.6 cm³/mol. The van der Waals surface area contributed by atoms with Crippen LogP contribution in [-0.4, -0.2) is 34.6 Å². The van der Waals surface area contributed by atoms with Crippen molar-refractivity contribution >= 4 is 5.91 Å². The number of nitrogens with zero attached hydrogens (tertiary/aromatic N) is 1. The van der Waals surface area contributed by atoms with Crippen LogP contribution in [0.15, 0.2) is 0 Å². The number of hydrogen-bond acceptors (Lipinski definition) is 2. The fourth-order valence-corrected chi connectivity index (χ4v) is 3.09. The maximum atomic E-state index is 12.4. The van der Waals surface area contributed by atoms with Gasteiger partial charge in [-0.3, -0.25) is 4.79 Å². The van der Waals surface area contributed by atoms with Crippen LogP contribution in [0.5, 0.6) is 0 Å². The molecular formula is C14H25NO2. The van der Waals surface area contributed by atoms with Gasteiger partial charge >= 0.3 is 0 Å². The molecule has 0 bridgehead atoms. The molecule has 2 fully saturated rings. The van der Waals surface area contributed by atoms with Crippen molar-refractivity contribution < 1.29 is 9.90 Å². The van der Waals surface area contributed by atoms with E-state index in [2.05, 4.69) is 0 Å². The Labute approximate surface area is 104 Å². The minimum atomic E-state index is -0.568. The first kappa shape index (κ1) is 12.9. The highest BCUT2D eigenvalue weighted by Crippen LogP contribution is 2.28. The van der Waals surface area contributed by atoms with E-state index in [-0.39, 0.29) is 5.92 Å². The molecule has 2 rings (SSSR count). The predicted octanol–water partition coefficient (Wildman–Crippen LogP) is 2.33. The van der Waals surface area contributed by atoms with Gasteiger partial charge in [-0.05, 0) is 39.0 Å². The fraction of sp³-hybridized carbons (Fsp3) is 0.929. The molecule has 1 aliphatic carbocycles. The molecule has 0 spiro atoms. The summed E-state index contributed by atoms with van der Waals surface area (Å²) in [7, 11) is 0. The smallest absolute Gasteiger partial charge is 0.225 e. The van der Waals surface area contributed by atoms with Crippen molar-refractivity contribution in [3.8, 4) is 0 Å². The van der Waals surface area contributed by atoms with Crippen LogP contribution < -0.4 is 0 Å². The van der Waals surface area contributed by atoms with Gasteiger partial charge in [0.15, 0.2) is 0 Å². The van der Waals surface area contributed by atoms with E-state index in [0.29, 0.717) is 5.91 Å². The average Bonchev–Trinajstić information content (AvgIpc) is 2.50. The molecule has 1 atom stereocenters. The largest absolute Gasteiger partial charge is 0.390 e. The Bertz CT molecular complexity index is 269. The van der Waals surface area contributed by atoms with E-state index >= 15 is 0 Å². The molecule has 1 N–H and O–H groups in total. The summed E-state index contributed by atoms with van der Waals surface area (Å²) >= 11 is 0. The van der Waals surface area contributed by atoms with E-state index in [0.717, 1.165) is 45.2 Å². The Morgan fingerprint density at radius 2 is 1.82 bits per heavy atom. The lowest BCUT2D eigenvalue weighted by Gasteiger charge is -2.28. The van der Waals surface area contributed by atoms with Crippen molar-refractivity contribution in [1.82, 2.24) is 4.90 Å². The van der Waals surface area contributed by atoms with E-state index < -0.39 is 5.60 Å². The van der Waals surface area contributed by atoms with Gasteiger partial charge in [0.2, 0.25) is 5.91 Å². The van der Waals surface area contributed by atoms with Crippen LogP contribution in [0, 0.1) is 5.92 Å². The standard InChI is InChI=1S/C14H25NO2/c1-14(17)8-5-10-15(11-9-14)13(16)12-6-3-2-4-7-12/h12,17H,2-11H2,1H3. The number of rotatable bonds is 1. The minimum absolute atomic E-state index is 0.270. The normalized spacial score (nSPS) is 32.2. The van der Waals surface area contributed by atoms with Crippen LogP contribution in [0.4, 0.5) is 0 Å². The van der Waals surface area contributed by atoms with Crippen molar-refractivity contribution in [2.24, 2.45) is 5.92 Å². The van der Waals surface area contributed by atoms with Crippen LogP contribution in [0.25, 0.3) is 0 Å². The van der Waals surface area contributed by atoms with Gasteiger partial charge in [0, 0.05) is 19.0 Å². The zero-order valence-electron chi connectivity index (χ0n) is 11.0. The maximum Gasteiger partial charge on any atom is 0.225 e. The lowest BCUT2D eigenvalue weighted by Crippen LogP contribution is -2.38. The van der Waals surface area contributed by atoms with Crippen molar-refractivity contribution in [3.05, 3.63) is 0 Å². The maximum absolute atomic E-state index is 12.4. The van der Waals surface area contributed by atoms with Gasteiger partial charge in [-0.2, -0.15) is 0 Å². The SMILES string of the molecule is CC1(O)CCCN(C(=O)C2CCCCC2)CC1. The molecule has 1 saturated carbocycles. The summed E-state index contributed by atoms with van der Waals surface area (Å²) < 4.78 is 0. The Morgan fingerprint density at radius 1 is 1.12 bits per heavy atom. The molecule has 0 aromatic carbocycles. The third-order valence-corrected chi connectivity index (χ3v) is 4.33. The summed E-state index contributed by atoms with van der Waals surface area (Å²) in [5.41, 5.74) is -0.568. The van der Waals surface area contributed by atoms with E-state index in [1.807, 2.05) is 11.8 Å². The minimum Gasteiger partial charge on any atom is -0.390 e. The summed E-state index contributed by atoms with van der Waals surface area (Å²) in [5.74, 6) is 0.620. The molecular weight excluding hydrogens is 214 g/mol. The Morgan fingerprint density at radius 3 is 2.53 bits per heavy atom. The summed E-state index contributed by atoms with van der Waals surface area (Å²) in [6.45, 7) is 3.47. The van der Waals surface area contributed by atoms with E-state index in [9.17, 15) is 9.90 Å². The molecule has 1 unspecified atom stereocenters. The first-order valence-corrected chi connectivity index (χ1v) is 7.10. The van der Waals surface area contributed by atoms with E-state index in [1.54, 1.807) is 0 Å². The second-order valence-corrected chi connectivity index (χ2v) is 6.01.